The maximum absolute atomic E-state index is 9.84. The van der Waals surface area contributed by atoms with E-state index in [0.29, 0.717) is 5.02 Å². The van der Waals surface area contributed by atoms with E-state index in [0.717, 1.165) is 16.8 Å². The van der Waals surface area contributed by atoms with E-state index < -0.39 is 0 Å². The first-order valence-electron chi connectivity index (χ1n) is 6.02. The number of hydrogen-bond acceptors (Lipinski definition) is 3. The monoisotopic (exact) mass is 277 g/mol. The first kappa shape index (κ1) is 13.6. The van der Waals surface area contributed by atoms with Crippen molar-refractivity contribution in [1.29, 1.82) is 0 Å². The van der Waals surface area contributed by atoms with Gasteiger partial charge in [-0.15, -0.1) is 0 Å². The summed E-state index contributed by atoms with van der Waals surface area (Å²) in [5, 5.41) is 23.1. The molecule has 0 aromatic heterocycles. The molecule has 2 rings (SSSR count). The second-order valence-corrected chi connectivity index (χ2v) is 5.00. The summed E-state index contributed by atoms with van der Waals surface area (Å²) in [6, 6.07) is 10.1. The molecule has 1 atom stereocenters. The van der Waals surface area contributed by atoms with Crippen LogP contribution in [-0.4, -0.2) is 10.2 Å². The highest BCUT2D eigenvalue weighted by molar-refractivity contribution is 6.30. The van der Waals surface area contributed by atoms with Crippen LogP contribution in [0, 0.1) is 6.92 Å². The lowest BCUT2D eigenvalue weighted by molar-refractivity contribution is 0.444. The number of nitrogens with one attached hydrogen (secondary N) is 1. The standard InChI is InChI=1S/C15H16ClNO2/c1-9-3-4-11(16)7-14(9)17-10(2)13-6-5-12(18)8-15(13)19/h3-8,10,17-19H,1-2H3. The van der Waals surface area contributed by atoms with Gasteiger partial charge in [-0.25, -0.2) is 0 Å². The number of aromatic hydroxyl groups is 2. The third-order valence-electron chi connectivity index (χ3n) is 3.05. The van der Waals surface area contributed by atoms with Crippen LogP contribution in [0.3, 0.4) is 0 Å². The number of halogens is 1. The van der Waals surface area contributed by atoms with Gasteiger partial charge in [0, 0.05) is 22.3 Å². The zero-order valence-corrected chi connectivity index (χ0v) is 11.6. The molecule has 1 unspecified atom stereocenters. The molecule has 2 aromatic carbocycles. The van der Waals surface area contributed by atoms with Gasteiger partial charge in [0.05, 0.1) is 6.04 Å². The van der Waals surface area contributed by atoms with Gasteiger partial charge in [0.2, 0.25) is 0 Å². The number of rotatable bonds is 3. The van der Waals surface area contributed by atoms with Crippen LogP contribution in [0.25, 0.3) is 0 Å². The first-order chi connectivity index (χ1) is 8.97. The Kier molecular flexibility index (Phi) is 3.86. The second-order valence-electron chi connectivity index (χ2n) is 4.57. The highest BCUT2D eigenvalue weighted by atomic mass is 35.5. The van der Waals surface area contributed by atoms with E-state index in [1.54, 1.807) is 12.1 Å². The average molecular weight is 278 g/mol. The quantitative estimate of drug-likeness (QED) is 0.787. The lowest BCUT2D eigenvalue weighted by atomic mass is 10.1. The lowest BCUT2D eigenvalue weighted by Crippen LogP contribution is -2.07. The zero-order chi connectivity index (χ0) is 14.0. The summed E-state index contributed by atoms with van der Waals surface area (Å²) in [6.45, 7) is 3.93. The van der Waals surface area contributed by atoms with Gasteiger partial charge in [0.15, 0.2) is 0 Å². The Labute approximate surface area is 117 Å². The molecule has 0 amide bonds. The Morgan fingerprint density at radius 1 is 1.11 bits per heavy atom. The summed E-state index contributed by atoms with van der Waals surface area (Å²) >= 11 is 5.98. The fraction of sp³-hybridized carbons (Fsp3) is 0.200. The molecule has 0 radical (unpaired) electrons. The fourth-order valence-corrected chi connectivity index (χ4v) is 2.13. The summed E-state index contributed by atoms with van der Waals surface area (Å²) in [5.41, 5.74) is 2.72. The van der Waals surface area contributed by atoms with Crippen LogP contribution in [0.15, 0.2) is 36.4 Å². The highest BCUT2D eigenvalue weighted by Gasteiger charge is 2.12. The van der Waals surface area contributed by atoms with E-state index in [-0.39, 0.29) is 17.5 Å². The molecule has 3 nitrogen and oxygen atoms in total. The molecule has 0 aliphatic rings. The molecular weight excluding hydrogens is 262 g/mol. The molecule has 0 fully saturated rings. The van der Waals surface area contributed by atoms with E-state index in [4.69, 9.17) is 11.6 Å². The Morgan fingerprint density at radius 2 is 1.84 bits per heavy atom. The van der Waals surface area contributed by atoms with Crippen LogP contribution in [-0.2, 0) is 0 Å². The molecular formula is C15H16ClNO2. The van der Waals surface area contributed by atoms with Crippen molar-refractivity contribution in [1.82, 2.24) is 0 Å². The van der Waals surface area contributed by atoms with Crippen molar-refractivity contribution in [2.45, 2.75) is 19.9 Å². The van der Waals surface area contributed by atoms with Gasteiger partial charge in [-0.3, -0.25) is 0 Å². The van der Waals surface area contributed by atoms with Gasteiger partial charge >= 0.3 is 0 Å². The van der Waals surface area contributed by atoms with Crippen molar-refractivity contribution in [3.05, 3.63) is 52.5 Å². The maximum Gasteiger partial charge on any atom is 0.124 e. The number of benzene rings is 2. The fourth-order valence-electron chi connectivity index (χ4n) is 1.96. The average Bonchev–Trinajstić information content (AvgIpc) is 2.33. The van der Waals surface area contributed by atoms with E-state index in [1.807, 2.05) is 32.0 Å². The lowest BCUT2D eigenvalue weighted by Gasteiger charge is -2.18. The van der Waals surface area contributed by atoms with Crippen LogP contribution in [0.2, 0.25) is 5.02 Å². The molecule has 3 N–H and O–H groups in total. The molecule has 100 valence electrons. The Balaban J connectivity index is 2.25. The third-order valence-corrected chi connectivity index (χ3v) is 3.29. The van der Waals surface area contributed by atoms with E-state index in [1.165, 1.54) is 6.07 Å². The van der Waals surface area contributed by atoms with Crippen LogP contribution >= 0.6 is 11.6 Å². The molecule has 0 saturated carbocycles. The predicted octanol–water partition coefficient (Wildman–Crippen LogP) is 4.23. The summed E-state index contributed by atoms with van der Waals surface area (Å²) in [6.07, 6.45) is 0. The highest BCUT2D eigenvalue weighted by Crippen LogP contribution is 2.31. The smallest absolute Gasteiger partial charge is 0.124 e. The minimum Gasteiger partial charge on any atom is -0.508 e. The van der Waals surface area contributed by atoms with Crippen molar-refractivity contribution in [2.24, 2.45) is 0 Å². The number of phenols is 2. The van der Waals surface area contributed by atoms with Crippen molar-refractivity contribution >= 4 is 17.3 Å². The van der Waals surface area contributed by atoms with Gasteiger partial charge in [0.1, 0.15) is 11.5 Å². The van der Waals surface area contributed by atoms with Gasteiger partial charge in [0.25, 0.3) is 0 Å². The SMILES string of the molecule is Cc1ccc(Cl)cc1NC(C)c1ccc(O)cc1O. The van der Waals surface area contributed by atoms with Crippen LogP contribution < -0.4 is 5.32 Å². The Hall–Kier alpha value is -1.87. The summed E-state index contributed by atoms with van der Waals surface area (Å²) < 4.78 is 0. The molecule has 0 aliphatic carbocycles. The van der Waals surface area contributed by atoms with Gasteiger partial charge in [-0.1, -0.05) is 17.7 Å². The minimum atomic E-state index is -0.0993. The molecule has 0 saturated heterocycles. The first-order valence-corrected chi connectivity index (χ1v) is 6.39. The van der Waals surface area contributed by atoms with Crippen LogP contribution in [0.1, 0.15) is 24.1 Å². The largest absolute Gasteiger partial charge is 0.508 e. The molecule has 19 heavy (non-hydrogen) atoms. The van der Waals surface area contributed by atoms with E-state index in [9.17, 15) is 10.2 Å². The normalized spacial score (nSPS) is 12.2. The summed E-state index contributed by atoms with van der Waals surface area (Å²) in [4.78, 5) is 0. The van der Waals surface area contributed by atoms with E-state index in [2.05, 4.69) is 5.32 Å². The topological polar surface area (TPSA) is 52.5 Å². The Morgan fingerprint density at radius 3 is 2.53 bits per heavy atom. The number of aryl methyl sites for hydroxylation is 1. The van der Waals surface area contributed by atoms with Gasteiger partial charge in [-0.05, 0) is 43.7 Å². The van der Waals surface area contributed by atoms with Crippen molar-refractivity contribution in [3.8, 4) is 11.5 Å². The number of hydrogen-bond donors (Lipinski definition) is 3. The predicted molar refractivity (Wildman–Crippen MR) is 78.0 cm³/mol. The third kappa shape index (κ3) is 3.12. The molecule has 0 spiro atoms. The number of anilines is 1. The van der Waals surface area contributed by atoms with Crippen LogP contribution in [0.4, 0.5) is 5.69 Å². The van der Waals surface area contributed by atoms with Crippen molar-refractivity contribution in [3.63, 3.8) is 0 Å². The number of phenolic OH excluding ortho intramolecular Hbond substituents is 2. The maximum atomic E-state index is 9.84. The molecule has 0 heterocycles. The molecule has 0 bridgehead atoms. The van der Waals surface area contributed by atoms with Crippen molar-refractivity contribution in [2.75, 3.05) is 5.32 Å². The Bertz CT molecular complexity index is 599. The summed E-state index contributed by atoms with van der Waals surface area (Å²) in [5.74, 6) is 0.118. The summed E-state index contributed by atoms with van der Waals surface area (Å²) in [7, 11) is 0. The second kappa shape index (κ2) is 5.41. The molecule has 0 aliphatic heterocycles. The van der Waals surface area contributed by atoms with E-state index >= 15 is 0 Å². The van der Waals surface area contributed by atoms with Crippen molar-refractivity contribution < 1.29 is 10.2 Å². The minimum absolute atomic E-state index is 0.0485. The van der Waals surface area contributed by atoms with Gasteiger partial charge < -0.3 is 15.5 Å². The van der Waals surface area contributed by atoms with Crippen LogP contribution in [0.5, 0.6) is 11.5 Å². The molecule has 2 aromatic rings. The molecule has 4 heteroatoms. The van der Waals surface area contributed by atoms with Gasteiger partial charge in [-0.2, -0.15) is 0 Å². The zero-order valence-electron chi connectivity index (χ0n) is 10.8.